The second-order valence-corrected chi connectivity index (χ2v) is 10.2. The number of ether oxygens (including phenoxy) is 3. The predicted molar refractivity (Wildman–Crippen MR) is 138 cm³/mol. The van der Waals surface area contributed by atoms with Crippen LogP contribution in [0, 0.1) is 19.8 Å². The largest absolute Gasteiger partial charge is 0.496 e. The van der Waals surface area contributed by atoms with E-state index in [1.807, 2.05) is 20.0 Å². The molecule has 6 rings (SSSR count). The van der Waals surface area contributed by atoms with Gasteiger partial charge in [-0.2, -0.15) is 0 Å². The minimum atomic E-state index is 0.301. The highest BCUT2D eigenvalue weighted by atomic mass is 16.5. The number of nitrogens with zero attached hydrogens (tertiary/aromatic N) is 4. The molecule has 0 bridgehead atoms. The van der Waals surface area contributed by atoms with Gasteiger partial charge in [-0.15, -0.1) is 0 Å². The Morgan fingerprint density at radius 1 is 1.00 bits per heavy atom. The summed E-state index contributed by atoms with van der Waals surface area (Å²) in [5, 5.41) is 5.22. The molecule has 8 heteroatoms. The van der Waals surface area contributed by atoms with Crippen molar-refractivity contribution in [2.45, 2.75) is 58.4 Å². The van der Waals surface area contributed by atoms with Crippen LogP contribution in [-0.4, -0.2) is 53.2 Å². The lowest BCUT2D eigenvalue weighted by Gasteiger charge is -2.32. The lowest BCUT2D eigenvalue weighted by atomic mass is 9.91. The van der Waals surface area contributed by atoms with Crippen molar-refractivity contribution >= 4 is 21.9 Å². The molecule has 3 aromatic heterocycles. The highest BCUT2D eigenvalue weighted by Gasteiger charge is 2.31. The maximum atomic E-state index is 5.92. The molecule has 1 atom stereocenters. The number of methoxy groups -OCH3 is 1. The molecule has 0 radical (unpaired) electrons. The van der Waals surface area contributed by atoms with Crippen LogP contribution in [0.1, 0.15) is 61.8 Å². The summed E-state index contributed by atoms with van der Waals surface area (Å²) in [6.45, 7) is 9.45. The molecule has 1 unspecified atom stereocenters. The minimum absolute atomic E-state index is 0.301. The number of pyridine rings is 1. The van der Waals surface area contributed by atoms with Crippen LogP contribution in [0.25, 0.3) is 33.1 Å². The molecule has 2 aliphatic heterocycles. The highest BCUT2D eigenvalue weighted by Crippen LogP contribution is 2.42. The average Bonchev–Trinajstić information content (AvgIpc) is 3.48. The van der Waals surface area contributed by atoms with Gasteiger partial charge in [-0.05, 0) is 64.5 Å². The summed E-state index contributed by atoms with van der Waals surface area (Å²) in [7, 11) is 1.71. The smallest absolute Gasteiger partial charge is 0.141 e. The Morgan fingerprint density at radius 3 is 2.39 bits per heavy atom. The normalized spacial score (nSPS) is 18.8. The first-order chi connectivity index (χ1) is 17.6. The molecule has 2 aliphatic rings. The van der Waals surface area contributed by atoms with Crippen LogP contribution in [0.3, 0.4) is 0 Å². The SMILES string of the molecule is COc1cc2c(cc1-c1c(C)noc1C)ncc1nc(C3CCOCC3)n(C(C)C3CCOCC3)c12. The molecule has 0 aliphatic carbocycles. The zero-order chi connectivity index (χ0) is 24.8. The molecule has 0 N–H and O–H groups in total. The van der Waals surface area contributed by atoms with Crippen LogP contribution < -0.4 is 4.74 Å². The first-order valence-electron chi connectivity index (χ1n) is 13.0. The predicted octanol–water partition coefficient (Wildman–Crippen LogP) is 5.75. The lowest BCUT2D eigenvalue weighted by Crippen LogP contribution is -2.27. The number of aryl methyl sites for hydroxylation is 2. The van der Waals surface area contributed by atoms with E-state index in [0.717, 1.165) is 108 Å². The van der Waals surface area contributed by atoms with E-state index in [1.165, 1.54) is 0 Å². The molecule has 0 saturated carbocycles. The third-order valence-electron chi connectivity index (χ3n) is 8.11. The minimum Gasteiger partial charge on any atom is -0.496 e. The monoisotopic (exact) mass is 490 g/mol. The van der Waals surface area contributed by atoms with Gasteiger partial charge in [-0.1, -0.05) is 5.16 Å². The summed E-state index contributed by atoms with van der Waals surface area (Å²) in [6.07, 6.45) is 6.05. The molecule has 2 saturated heterocycles. The van der Waals surface area contributed by atoms with Crippen molar-refractivity contribution in [3.05, 3.63) is 35.6 Å². The Kier molecular flexibility index (Phi) is 6.17. The van der Waals surface area contributed by atoms with E-state index in [2.05, 4.69) is 28.8 Å². The van der Waals surface area contributed by atoms with E-state index in [9.17, 15) is 0 Å². The Labute approximate surface area is 210 Å². The molecule has 4 aromatic rings. The number of imidazole rings is 1. The van der Waals surface area contributed by atoms with Gasteiger partial charge in [-0.25, -0.2) is 4.98 Å². The number of fused-ring (bicyclic) bond motifs is 3. The number of hydrogen-bond donors (Lipinski definition) is 0. The standard InChI is InChI=1S/C28H34N4O4/c1-16-26(18(3)36-31-16)22-13-23-21(14-25(22)33-4)27-24(15-29-23)30-28(20-7-11-35-12-8-20)32(27)17(2)19-5-9-34-10-6-19/h13-15,17,19-20H,5-12H2,1-4H3. The second kappa shape index (κ2) is 9.48. The second-order valence-electron chi connectivity index (χ2n) is 10.2. The summed E-state index contributed by atoms with van der Waals surface area (Å²) in [5.41, 5.74) is 5.74. The molecular weight excluding hydrogens is 456 g/mol. The third kappa shape index (κ3) is 3.87. The zero-order valence-electron chi connectivity index (χ0n) is 21.5. The fraction of sp³-hybridized carbons (Fsp3) is 0.536. The van der Waals surface area contributed by atoms with Gasteiger partial charge < -0.3 is 23.3 Å². The van der Waals surface area contributed by atoms with Crippen molar-refractivity contribution in [3.8, 4) is 16.9 Å². The quantitative estimate of drug-likeness (QED) is 0.352. The third-order valence-corrected chi connectivity index (χ3v) is 8.11. The topological polar surface area (TPSA) is 84.4 Å². The van der Waals surface area contributed by atoms with Gasteiger partial charge in [0.05, 0.1) is 35.6 Å². The fourth-order valence-electron chi connectivity index (χ4n) is 6.12. The van der Waals surface area contributed by atoms with Gasteiger partial charge in [0.1, 0.15) is 22.9 Å². The average molecular weight is 491 g/mol. The number of aromatic nitrogens is 4. The summed E-state index contributed by atoms with van der Waals surface area (Å²) in [5.74, 6) is 3.64. The molecule has 36 heavy (non-hydrogen) atoms. The molecule has 1 aromatic carbocycles. The van der Waals surface area contributed by atoms with Gasteiger partial charge in [0, 0.05) is 49.3 Å². The van der Waals surface area contributed by atoms with E-state index in [-0.39, 0.29) is 0 Å². The van der Waals surface area contributed by atoms with E-state index >= 15 is 0 Å². The van der Waals surface area contributed by atoms with Crippen molar-refractivity contribution in [1.82, 2.24) is 19.7 Å². The van der Waals surface area contributed by atoms with Gasteiger partial charge in [0.25, 0.3) is 0 Å². The van der Waals surface area contributed by atoms with E-state index in [1.54, 1.807) is 7.11 Å². The fourth-order valence-corrected chi connectivity index (χ4v) is 6.12. The summed E-state index contributed by atoms with van der Waals surface area (Å²) in [6, 6.07) is 4.52. The Bertz CT molecular complexity index is 1380. The van der Waals surface area contributed by atoms with Gasteiger partial charge in [0.2, 0.25) is 0 Å². The molecule has 190 valence electrons. The maximum absolute atomic E-state index is 5.92. The van der Waals surface area contributed by atoms with Crippen LogP contribution in [0.15, 0.2) is 22.9 Å². The summed E-state index contributed by atoms with van der Waals surface area (Å²) in [4.78, 5) is 10.1. The van der Waals surface area contributed by atoms with Crippen LogP contribution in [0.4, 0.5) is 0 Å². The van der Waals surface area contributed by atoms with Crippen LogP contribution in [0.5, 0.6) is 5.75 Å². The Balaban J connectivity index is 1.59. The van der Waals surface area contributed by atoms with Crippen molar-refractivity contribution in [3.63, 3.8) is 0 Å². The lowest BCUT2D eigenvalue weighted by molar-refractivity contribution is 0.0502. The zero-order valence-corrected chi connectivity index (χ0v) is 21.5. The Hall–Kier alpha value is -2.97. The van der Waals surface area contributed by atoms with Crippen LogP contribution >= 0.6 is 0 Å². The summed E-state index contributed by atoms with van der Waals surface area (Å²) >= 11 is 0. The molecule has 2 fully saturated rings. The highest BCUT2D eigenvalue weighted by molar-refractivity contribution is 6.05. The first-order valence-corrected chi connectivity index (χ1v) is 13.0. The molecule has 5 heterocycles. The van der Waals surface area contributed by atoms with Gasteiger partial charge >= 0.3 is 0 Å². The van der Waals surface area contributed by atoms with Crippen molar-refractivity contribution in [2.75, 3.05) is 33.5 Å². The van der Waals surface area contributed by atoms with Crippen LogP contribution in [0.2, 0.25) is 0 Å². The van der Waals surface area contributed by atoms with E-state index in [4.69, 9.17) is 28.7 Å². The van der Waals surface area contributed by atoms with E-state index in [0.29, 0.717) is 17.9 Å². The van der Waals surface area contributed by atoms with Gasteiger partial charge in [-0.3, -0.25) is 4.98 Å². The van der Waals surface area contributed by atoms with Crippen molar-refractivity contribution in [1.29, 1.82) is 0 Å². The first kappa shape index (κ1) is 23.4. The van der Waals surface area contributed by atoms with E-state index < -0.39 is 0 Å². The molecular formula is C28H34N4O4. The number of rotatable bonds is 5. The molecule has 8 nitrogen and oxygen atoms in total. The van der Waals surface area contributed by atoms with Crippen molar-refractivity contribution < 1.29 is 18.7 Å². The summed E-state index contributed by atoms with van der Waals surface area (Å²) < 4.78 is 25.3. The molecule has 0 spiro atoms. The number of hydrogen-bond acceptors (Lipinski definition) is 7. The Morgan fingerprint density at radius 2 is 1.72 bits per heavy atom. The van der Waals surface area contributed by atoms with Gasteiger partial charge in [0.15, 0.2) is 0 Å². The van der Waals surface area contributed by atoms with Crippen molar-refractivity contribution in [2.24, 2.45) is 5.92 Å². The van der Waals surface area contributed by atoms with Crippen LogP contribution in [-0.2, 0) is 9.47 Å². The number of benzene rings is 1. The maximum Gasteiger partial charge on any atom is 0.141 e. The molecule has 0 amide bonds.